The van der Waals surface area contributed by atoms with Gasteiger partial charge in [-0.15, -0.1) is 0 Å². The predicted molar refractivity (Wildman–Crippen MR) is 112 cm³/mol. The van der Waals surface area contributed by atoms with Crippen molar-refractivity contribution in [1.29, 1.82) is 0 Å². The van der Waals surface area contributed by atoms with Crippen LogP contribution in [0.1, 0.15) is 43.5 Å². The fourth-order valence-electron chi connectivity index (χ4n) is 3.23. The summed E-state index contributed by atoms with van der Waals surface area (Å²) in [6, 6.07) is 5.57. The molecule has 0 aliphatic carbocycles. The Morgan fingerprint density at radius 2 is 1.96 bits per heavy atom. The Morgan fingerprint density at radius 1 is 1.14 bits per heavy atom. The molecule has 0 aromatic carbocycles. The van der Waals surface area contributed by atoms with Gasteiger partial charge in [-0.1, -0.05) is 20.3 Å². The normalized spacial score (nSPS) is 15.8. The van der Waals surface area contributed by atoms with E-state index in [0.29, 0.717) is 18.0 Å². The first-order valence-electron chi connectivity index (χ1n) is 10.2. The number of anilines is 2. The molecule has 1 aliphatic heterocycles. The van der Waals surface area contributed by atoms with Gasteiger partial charge in [-0.05, 0) is 37.0 Å². The highest BCUT2D eigenvalue weighted by atomic mass is 16.2. The Balaban J connectivity index is 1.53. The minimum atomic E-state index is 0.0366. The molecule has 3 heterocycles. The van der Waals surface area contributed by atoms with Crippen molar-refractivity contribution in [1.82, 2.24) is 19.9 Å². The summed E-state index contributed by atoms with van der Waals surface area (Å²) in [7, 11) is 0. The topological polar surface area (TPSA) is 74.2 Å². The maximum Gasteiger partial charge on any atom is 0.255 e. The number of nitrogens with zero attached hydrogens (tertiary/aromatic N) is 5. The molecule has 2 aromatic rings. The number of carbonyl (C=O) groups is 1. The smallest absolute Gasteiger partial charge is 0.255 e. The van der Waals surface area contributed by atoms with Crippen LogP contribution in [0.4, 0.5) is 11.8 Å². The summed E-state index contributed by atoms with van der Waals surface area (Å²) in [5.74, 6) is 2.29. The zero-order valence-corrected chi connectivity index (χ0v) is 16.8. The first kappa shape index (κ1) is 20.0. The van der Waals surface area contributed by atoms with Gasteiger partial charge in [-0.25, -0.2) is 15.0 Å². The van der Waals surface area contributed by atoms with Crippen molar-refractivity contribution in [2.45, 2.75) is 33.1 Å². The monoisotopic (exact) mass is 382 g/mol. The molecule has 7 nitrogen and oxygen atoms in total. The number of hydrogen-bond donors (Lipinski definition) is 1. The zero-order chi connectivity index (χ0) is 19.8. The highest BCUT2D eigenvalue weighted by molar-refractivity contribution is 5.94. The van der Waals surface area contributed by atoms with Gasteiger partial charge >= 0.3 is 0 Å². The molecular weight excluding hydrogens is 352 g/mol. The second-order valence-corrected chi connectivity index (χ2v) is 7.34. The second-order valence-electron chi connectivity index (χ2n) is 7.34. The number of carbonyl (C=O) groups excluding carboxylic acids is 1. The van der Waals surface area contributed by atoms with E-state index in [1.807, 2.05) is 23.1 Å². The number of amides is 1. The summed E-state index contributed by atoms with van der Waals surface area (Å²) < 4.78 is 0. The van der Waals surface area contributed by atoms with Gasteiger partial charge in [0.2, 0.25) is 5.95 Å². The van der Waals surface area contributed by atoms with Crippen LogP contribution in [0, 0.1) is 5.92 Å². The Bertz CT molecular complexity index is 736. The summed E-state index contributed by atoms with van der Waals surface area (Å²) in [5.41, 5.74) is 0.636. The molecule has 0 saturated carbocycles. The lowest BCUT2D eigenvalue weighted by Gasteiger charge is -2.22. The lowest BCUT2D eigenvalue weighted by atomic mass is 10.1. The van der Waals surface area contributed by atoms with Crippen LogP contribution in [-0.4, -0.2) is 58.5 Å². The lowest BCUT2D eigenvalue weighted by molar-refractivity contribution is 0.0766. The number of aromatic nitrogens is 3. The molecule has 1 atom stereocenters. The van der Waals surface area contributed by atoms with E-state index in [-0.39, 0.29) is 5.91 Å². The van der Waals surface area contributed by atoms with Crippen LogP contribution >= 0.6 is 0 Å². The van der Waals surface area contributed by atoms with Crippen molar-refractivity contribution in [2.24, 2.45) is 5.92 Å². The SMILES string of the molecule is CC[C@@H](C)CCNc1ccc(C(=O)N2CCCN(c3ncccn3)CC2)cn1. The van der Waals surface area contributed by atoms with Gasteiger partial charge in [-0.3, -0.25) is 4.79 Å². The molecular formula is C21H30N6O. The number of hydrogen-bond acceptors (Lipinski definition) is 6. The fraction of sp³-hybridized carbons (Fsp3) is 0.524. The van der Waals surface area contributed by atoms with Gasteiger partial charge in [0.1, 0.15) is 5.82 Å². The summed E-state index contributed by atoms with van der Waals surface area (Å²) in [6.45, 7) is 8.34. The van der Waals surface area contributed by atoms with E-state index in [1.54, 1.807) is 18.6 Å². The van der Waals surface area contributed by atoms with Crippen molar-refractivity contribution >= 4 is 17.7 Å². The van der Waals surface area contributed by atoms with E-state index in [9.17, 15) is 4.79 Å². The molecule has 0 spiro atoms. The van der Waals surface area contributed by atoms with E-state index < -0.39 is 0 Å². The van der Waals surface area contributed by atoms with Gasteiger partial charge in [0.05, 0.1) is 5.56 Å². The highest BCUT2D eigenvalue weighted by Gasteiger charge is 2.21. The molecule has 0 radical (unpaired) electrons. The van der Waals surface area contributed by atoms with E-state index >= 15 is 0 Å². The first-order chi connectivity index (χ1) is 13.7. The summed E-state index contributed by atoms with van der Waals surface area (Å²) in [5, 5.41) is 3.33. The lowest BCUT2D eigenvalue weighted by Crippen LogP contribution is -2.35. The number of pyridine rings is 1. The minimum absolute atomic E-state index is 0.0366. The molecule has 1 fully saturated rings. The molecule has 0 unspecified atom stereocenters. The molecule has 1 aliphatic rings. The van der Waals surface area contributed by atoms with Crippen molar-refractivity contribution in [3.05, 3.63) is 42.4 Å². The fourth-order valence-corrected chi connectivity index (χ4v) is 3.23. The van der Waals surface area contributed by atoms with Crippen LogP contribution in [-0.2, 0) is 0 Å². The van der Waals surface area contributed by atoms with Gasteiger partial charge in [-0.2, -0.15) is 0 Å². The van der Waals surface area contributed by atoms with Gasteiger partial charge < -0.3 is 15.1 Å². The van der Waals surface area contributed by atoms with Crippen molar-refractivity contribution in [3.8, 4) is 0 Å². The maximum atomic E-state index is 12.9. The molecule has 0 bridgehead atoms. The largest absolute Gasteiger partial charge is 0.370 e. The molecule has 150 valence electrons. The van der Waals surface area contributed by atoms with Crippen LogP contribution < -0.4 is 10.2 Å². The Hall–Kier alpha value is -2.70. The third-order valence-corrected chi connectivity index (χ3v) is 5.27. The van der Waals surface area contributed by atoms with Crippen molar-refractivity contribution < 1.29 is 4.79 Å². The van der Waals surface area contributed by atoms with Crippen LogP contribution in [0.15, 0.2) is 36.8 Å². The molecule has 28 heavy (non-hydrogen) atoms. The van der Waals surface area contributed by atoms with Crippen LogP contribution in [0.2, 0.25) is 0 Å². The van der Waals surface area contributed by atoms with E-state index in [1.165, 1.54) is 6.42 Å². The number of rotatable bonds is 7. The molecule has 1 N–H and O–H groups in total. The standard InChI is InChI=1S/C21H30N6O/c1-3-17(2)8-11-22-19-7-6-18(16-25-19)20(28)26-12-5-13-27(15-14-26)21-23-9-4-10-24-21/h4,6-7,9-10,16-17H,3,5,8,11-15H2,1-2H3,(H,22,25)/t17-/m1/s1. The third-order valence-electron chi connectivity index (χ3n) is 5.27. The molecule has 7 heteroatoms. The molecule has 1 amide bonds. The molecule has 3 rings (SSSR count). The number of nitrogens with one attached hydrogen (secondary N) is 1. The van der Waals surface area contributed by atoms with E-state index in [4.69, 9.17) is 0 Å². The Morgan fingerprint density at radius 3 is 2.68 bits per heavy atom. The highest BCUT2D eigenvalue weighted by Crippen LogP contribution is 2.14. The Labute approximate surface area is 167 Å². The second kappa shape index (κ2) is 10.0. The predicted octanol–water partition coefficient (Wildman–Crippen LogP) is 3.07. The Kier molecular flexibility index (Phi) is 7.17. The van der Waals surface area contributed by atoms with Crippen LogP contribution in [0.25, 0.3) is 0 Å². The van der Waals surface area contributed by atoms with Crippen molar-refractivity contribution in [3.63, 3.8) is 0 Å². The quantitative estimate of drug-likeness (QED) is 0.793. The summed E-state index contributed by atoms with van der Waals surface area (Å²) >= 11 is 0. The van der Waals surface area contributed by atoms with Gasteiger partial charge in [0.25, 0.3) is 5.91 Å². The summed E-state index contributed by atoms with van der Waals surface area (Å²) in [6.07, 6.45) is 8.38. The third kappa shape index (κ3) is 5.41. The van der Waals surface area contributed by atoms with Crippen molar-refractivity contribution in [2.75, 3.05) is 42.9 Å². The average molecular weight is 383 g/mol. The van der Waals surface area contributed by atoms with Gasteiger partial charge in [0, 0.05) is 51.3 Å². The minimum Gasteiger partial charge on any atom is -0.370 e. The zero-order valence-electron chi connectivity index (χ0n) is 16.8. The first-order valence-corrected chi connectivity index (χ1v) is 10.2. The summed E-state index contributed by atoms with van der Waals surface area (Å²) in [4.78, 5) is 29.9. The molecule has 2 aromatic heterocycles. The average Bonchev–Trinajstić information content (AvgIpc) is 3.00. The van der Waals surface area contributed by atoms with Crippen LogP contribution in [0.3, 0.4) is 0 Å². The van der Waals surface area contributed by atoms with E-state index in [0.717, 1.165) is 50.8 Å². The van der Waals surface area contributed by atoms with Crippen LogP contribution in [0.5, 0.6) is 0 Å². The molecule has 1 saturated heterocycles. The van der Waals surface area contributed by atoms with Gasteiger partial charge in [0.15, 0.2) is 0 Å². The van der Waals surface area contributed by atoms with E-state index in [2.05, 4.69) is 39.0 Å². The maximum absolute atomic E-state index is 12.9.